The summed E-state index contributed by atoms with van der Waals surface area (Å²) in [7, 11) is -3.35. The molecule has 0 aliphatic rings. The molecule has 0 bridgehead atoms. The molecule has 7 nitrogen and oxygen atoms in total. The van der Waals surface area contributed by atoms with Crippen LogP contribution >= 0.6 is 23.2 Å². The molecule has 194 valence electrons. The highest BCUT2D eigenvalue weighted by molar-refractivity contribution is 7.92. The topological polar surface area (TPSA) is 99.1 Å². The van der Waals surface area contributed by atoms with Crippen LogP contribution in [0.25, 0.3) is 0 Å². The summed E-state index contributed by atoms with van der Waals surface area (Å²) in [5.41, 5.74) is 2.30. The average molecular weight is 554 g/mol. The molecule has 0 saturated carbocycles. The smallest absolute Gasteiger partial charge is 0.229 e. The second-order valence-electron chi connectivity index (χ2n) is 8.54. The van der Waals surface area contributed by atoms with Crippen LogP contribution in [-0.2, 0) is 22.9 Å². The maximum absolute atomic E-state index is 11.3. The number of rotatable bonds is 13. The number of hydrogen-bond acceptors (Lipinski definition) is 6. The van der Waals surface area contributed by atoms with E-state index >= 15 is 0 Å². The Morgan fingerprint density at radius 3 is 2.33 bits per heavy atom. The first-order valence-electron chi connectivity index (χ1n) is 11.4. The van der Waals surface area contributed by atoms with E-state index in [1.165, 1.54) is 0 Å². The fourth-order valence-electron chi connectivity index (χ4n) is 3.65. The number of halogens is 2. The van der Waals surface area contributed by atoms with E-state index in [0.717, 1.165) is 17.4 Å². The minimum Gasteiger partial charge on any atom is -0.508 e. The number of phenols is 1. The van der Waals surface area contributed by atoms with E-state index in [0.29, 0.717) is 54.0 Å². The fraction of sp³-hybridized carbons (Fsp3) is 0.308. The Morgan fingerprint density at radius 1 is 0.972 bits per heavy atom. The monoisotopic (exact) mass is 552 g/mol. The predicted octanol–water partition coefficient (Wildman–Crippen LogP) is 4.60. The van der Waals surface area contributed by atoms with Gasteiger partial charge in [-0.1, -0.05) is 47.5 Å². The number of phenolic OH excluding ortho intramolecular Hbond substituents is 1. The van der Waals surface area contributed by atoms with Gasteiger partial charge in [-0.2, -0.15) is 0 Å². The van der Waals surface area contributed by atoms with Crippen molar-refractivity contribution in [2.45, 2.75) is 18.9 Å². The summed E-state index contributed by atoms with van der Waals surface area (Å²) < 4.78 is 30.8. The van der Waals surface area contributed by atoms with Crippen LogP contribution < -0.4 is 9.46 Å². The number of para-hydroxylation sites is 1. The van der Waals surface area contributed by atoms with E-state index < -0.39 is 16.1 Å². The third kappa shape index (κ3) is 9.52. The molecule has 0 aromatic heterocycles. The molecule has 3 aromatic rings. The zero-order valence-electron chi connectivity index (χ0n) is 19.9. The number of hydrogen-bond donors (Lipinski definition) is 3. The summed E-state index contributed by atoms with van der Waals surface area (Å²) in [5.74, 6) is 0.768. The van der Waals surface area contributed by atoms with Gasteiger partial charge in [0, 0.05) is 25.3 Å². The lowest BCUT2D eigenvalue weighted by molar-refractivity contribution is 0.0688. The van der Waals surface area contributed by atoms with E-state index in [1.54, 1.807) is 42.5 Å². The van der Waals surface area contributed by atoms with E-state index in [2.05, 4.69) is 9.62 Å². The number of ether oxygens (including phenoxy) is 1. The molecule has 3 rings (SSSR count). The van der Waals surface area contributed by atoms with Gasteiger partial charge in [-0.25, -0.2) is 8.42 Å². The highest BCUT2D eigenvalue weighted by Gasteiger charge is 2.14. The van der Waals surface area contributed by atoms with Crippen LogP contribution in [-0.4, -0.2) is 62.1 Å². The van der Waals surface area contributed by atoms with Crippen molar-refractivity contribution in [1.29, 1.82) is 0 Å². The molecule has 0 saturated heterocycles. The van der Waals surface area contributed by atoms with Gasteiger partial charge in [0.25, 0.3) is 0 Å². The largest absolute Gasteiger partial charge is 0.508 e. The van der Waals surface area contributed by atoms with Gasteiger partial charge < -0.3 is 14.9 Å². The van der Waals surface area contributed by atoms with Gasteiger partial charge in [0.05, 0.1) is 16.3 Å². The molecule has 10 heteroatoms. The first-order chi connectivity index (χ1) is 17.1. The summed E-state index contributed by atoms with van der Waals surface area (Å²) in [6.07, 6.45) is 1.65. The van der Waals surface area contributed by atoms with Crippen LogP contribution in [0.1, 0.15) is 11.1 Å². The number of sulfonamides is 1. The standard InChI is InChI=1S/C26H30Cl2N2O5S/c1-36(33,34)29-21-7-9-23(10-8-21)35-18-22(31)17-30(15-13-20-4-2-3-5-26(20)32)14-12-19-6-11-24(27)25(28)16-19/h2-11,16,22,29,31-32H,12-15,17-18H2,1H3/t22-/m0/s1. The number of nitrogens with one attached hydrogen (secondary N) is 1. The molecule has 0 heterocycles. The quantitative estimate of drug-likeness (QED) is 0.286. The van der Waals surface area contributed by atoms with Crippen LogP contribution in [0.15, 0.2) is 66.7 Å². The summed E-state index contributed by atoms with van der Waals surface area (Å²) in [6, 6.07) is 19.2. The Hall–Kier alpha value is -2.49. The van der Waals surface area contributed by atoms with Crippen molar-refractivity contribution in [3.63, 3.8) is 0 Å². The van der Waals surface area contributed by atoms with Crippen LogP contribution in [0.3, 0.4) is 0 Å². The zero-order valence-corrected chi connectivity index (χ0v) is 22.2. The van der Waals surface area contributed by atoms with Gasteiger partial charge in [0.2, 0.25) is 10.0 Å². The number of benzene rings is 3. The van der Waals surface area contributed by atoms with E-state index in [9.17, 15) is 18.6 Å². The van der Waals surface area contributed by atoms with Crippen molar-refractivity contribution in [2.24, 2.45) is 0 Å². The van der Waals surface area contributed by atoms with Crippen LogP contribution in [0.2, 0.25) is 10.0 Å². The number of aromatic hydroxyl groups is 1. The van der Waals surface area contributed by atoms with Gasteiger partial charge in [-0.05, 0) is 66.4 Å². The average Bonchev–Trinajstić information content (AvgIpc) is 2.82. The molecule has 0 fully saturated rings. The van der Waals surface area contributed by atoms with Crippen LogP contribution in [0.5, 0.6) is 11.5 Å². The molecule has 0 amide bonds. The molecule has 3 N–H and O–H groups in total. The van der Waals surface area contributed by atoms with E-state index in [1.807, 2.05) is 24.3 Å². The van der Waals surface area contributed by atoms with E-state index in [4.69, 9.17) is 27.9 Å². The van der Waals surface area contributed by atoms with Gasteiger partial charge in [-0.3, -0.25) is 9.62 Å². The molecular weight excluding hydrogens is 523 g/mol. The number of anilines is 1. The summed E-state index contributed by atoms with van der Waals surface area (Å²) in [6.45, 7) is 1.72. The first-order valence-corrected chi connectivity index (χ1v) is 14.1. The van der Waals surface area contributed by atoms with Crippen molar-refractivity contribution >= 4 is 38.9 Å². The lowest BCUT2D eigenvalue weighted by Gasteiger charge is -2.25. The van der Waals surface area contributed by atoms with Gasteiger partial charge >= 0.3 is 0 Å². The van der Waals surface area contributed by atoms with Crippen molar-refractivity contribution in [1.82, 2.24) is 4.90 Å². The van der Waals surface area contributed by atoms with Crippen molar-refractivity contribution in [2.75, 3.05) is 37.2 Å². The Balaban J connectivity index is 1.58. The van der Waals surface area contributed by atoms with Crippen molar-refractivity contribution in [3.8, 4) is 11.5 Å². The minimum absolute atomic E-state index is 0.0682. The van der Waals surface area contributed by atoms with Crippen LogP contribution in [0, 0.1) is 0 Å². The molecule has 0 aliphatic heterocycles. The van der Waals surface area contributed by atoms with Crippen molar-refractivity contribution in [3.05, 3.63) is 87.9 Å². The highest BCUT2D eigenvalue weighted by atomic mass is 35.5. The Kier molecular flexibility index (Phi) is 10.3. The molecule has 0 unspecified atom stereocenters. The summed E-state index contributed by atoms with van der Waals surface area (Å²) >= 11 is 12.2. The second kappa shape index (κ2) is 13.2. The first kappa shape index (κ1) is 28.1. The molecule has 0 aliphatic carbocycles. The van der Waals surface area contributed by atoms with Crippen molar-refractivity contribution < 1.29 is 23.4 Å². The number of nitrogens with zero attached hydrogens (tertiary/aromatic N) is 1. The minimum atomic E-state index is -3.35. The van der Waals surface area contributed by atoms with Crippen LogP contribution in [0.4, 0.5) is 5.69 Å². The maximum Gasteiger partial charge on any atom is 0.229 e. The number of aliphatic hydroxyl groups excluding tert-OH is 1. The molecule has 1 atom stereocenters. The summed E-state index contributed by atoms with van der Waals surface area (Å²) in [4.78, 5) is 2.11. The molecule has 0 radical (unpaired) electrons. The fourth-order valence-corrected chi connectivity index (χ4v) is 4.54. The van der Waals surface area contributed by atoms with Gasteiger partial charge in [-0.15, -0.1) is 0 Å². The maximum atomic E-state index is 11.3. The lowest BCUT2D eigenvalue weighted by Crippen LogP contribution is -2.38. The predicted molar refractivity (Wildman–Crippen MR) is 145 cm³/mol. The molecule has 36 heavy (non-hydrogen) atoms. The third-order valence-electron chi connectivity index (χ3n) is 5.46. The number of aliphatic hydroxyl groups is 1. The SMILES string of the molecule is CS(=O)(=O)Nc1ccc(OC[C@@H](O)CN(CCc2ccc(Cl)c(Cl)c2)CCc2ccccc2O)cc1. The molecular formula is C26H30Cl2N2O5S. The Bertz CT molecular complexity index is 1240. The zero-order chi connectivity index (χ0) is 26.1. The van der Waals surface area contributed by atoms with Gasteiger partial charge in [0.1, 0.15) is 24.2 Å². The third-order valence-corrected chi connectivity index (χ3v) is 6.80. The highest BCUT2D eigenvalue weighted by Crippen LogP contribution is 2.23. The Labute approximate surface area is 222 Å². The lowest BCUT2D eigenvalue weighted by atomic mass is 10.1. The van der Waals surface area contributed by atoms with Gasteiger partial charge in [0.15, 0.2) is 0 Å². The van der Waals surface area contributed by atoms with E-state index in [-0.39, 0.29) is 12.4 Å². The Morgan fingerprint density at radius 2 is 1.67 bits per heavy atom. The molecule has 3 aromatic carbocycles. The normalized spacial score (nSPS) is 12.5. The second-order valence-corrected chi connectivity index (χ2v) is 11.1. The molecule has 0 spiro atoms. The summed E-state index contributed by atoms with van der Waals surface area (Å²) in [5, 5.41) is 21.8.